The third kappa shape index (κ3) is 2.50. The second-order valence-corrected chi connectivity index (χ2v) is 4.70. The summed E-state index contributed by atoms with van der Waals surface area (Å²) in [5.41, 5.74) is 0.258. The molecule has 0 unspecified atom stereocenters. The molecule has 0 N–H and O–H groups in total. The molecule has 0 amide bonds. The van der Waals surface area contributed by atoms with Gasteiger partial charge in [0.2, 0.25) is 0 Å². The van der Waals surface area contributed by atoms with E-state index in [1.54, 1.807) is 36.4 Å². The standard InChI is InChI=1S/C16H11ClFNO2/c1-20-13-6-3-7-14(15(13)17)21-12-8-9-19-16-10(12)4-2-5-11(16)18/h2-9H,1H3. The van der Waals surface area contributed by atoms with Crippen LogP contribution in [0.2, 0.25) is 5.02 Å². The minimum absolute atomic E-state index is 0.258. The highest BCUT2D eigenvalue weighted by atomic mass is 35.5. The predicted octanol–water partition coefficient (Wildman–Crippen LogP) is 4.83. The van der Waals surface area contributed by atoms with E-state index in [1.807, 2.05) is 0 Å². The van der Waals surface area contributed by atoms with Gasteiger partial charge >= 0.3 is 0 Å². The van der Waals surface area contributed by atoms with Crippen molar-refractivity contribution < 1.29 is 13.9 Å². The number of benzene rings is 2. The topological polar surface area (TPSA) is 31.4 Å². The molecule has 0 bridgehead atoms. The maximum Gasteiger partial charge on any atom is 0.149 e. The van der Waals surface area contributed by atoms with Crippen LogP contribution >= 0.6 is 11.6 Å². The highest BCUT2D eigenvalue weighted by Gasteiger charge is 2.12. The van der Waals surface area contributed by atoms with E-state index in [4.69, 9.17) is 21.1 Å². The highest BCUT2D eigenvalue weighted by Crippen LogP contribution is 2.38. The van der Waals surface area contributed by atoms with Crippen molar-refractivity contribution in [3.63, 3.8) is 0 Å². The Morgan fingerprint density at radius 2 is 1.76 bits per heavy atom. The lowest BCUT2D eigenvalue weighted by Crippen LogP contribution is -1.92. The Labute approximate surface area is 125 Å². The van der Waals surface area contributed by atoms with Crippen LogP contribution in [0.3, 0.4) is 0 Å². The van der Waals surface area contributed by atoms with E-state index < -0.39 is 5.82 Å². The normalized spacial score (nSPS) is 10.6. The summed E-state index contributed by atoms with van der Waals surface area (Å²) in [6.07, 6.45) is 1.49. The van der Waals surface area contributed by atoms with Crippen molar-refractivity contribution in [3.8, 4) is 17.2 Å². The number of aromatic nitrogens is 1. The Morgan fingerprint density at radius 3 is 2.57 bits per heavy atom. The number of hydrogen-bond donors (Lipinski definition) is 0. The van der Waals surface area contributed by atoms with Gasteiger partial charge in [-0.2, -0.15) is 0 Å². The van der Waals surface area contributed by atoms with E-state index in [0.717, 1.165) is 0 Å². The van der Waals surface area contributed by atoms with Gasteiger partial charge in [0.25, 0.3) is 0 Å². The zero-order valence-electron chi connectivity index (χ0n) is 11.1. The Bertz CT molecular complexity index is 807. The zero-order chi connectivity index (χ0) is 14.8. The summed E-state index contributed by atoms with van der Waals surface area (Å²) in [5, 5.41) is 0.942. The smallest absolute Gasteiger partial charge is 0.149 e. The second-order valence-electron chi connectivity index (χ2n) is 4.32. The molecular formula is C16H11ClFNO2. The molecule has 3 rings (SSSR count). The molecule has 0 spiro atoms. The number of pyridine rings is 1. The first-order valence-electron chi connectivity index (χ1n) is 6.24. The number of hydrogen-bond acceptors (Lipinski definition) is 3. The Morgan fingerprint density at radius 1 is 1.00 bits per heavy atom. The lowest BCUT2D eigenvalue weighted by molar-refractivity contribution is 0.409. The maximum atomic E-state index is 13.7. The minimum atomic E-state index is -0.394. The highest BCUT2D eigenvalue weighted by molar-refractivity contribution is 6.33. The Balaban J connectivity index is 2.09. The monoisotopic (exact) mass is 303 g/mol. The fourth-order valence-electron chi connectivity index (χ4n) is 2.05. The van der Waals surface area contributed by atoms with Crippen LogP contribution in [0.25, 0.3) is 10.9 Å². The molecule has 3 aromatic rings. The summed E-state index contributed by atoms with van der Waals surface area (Å²) in [6, 6.07) is 11.6. The molecule has 5 heteroatoms. The molecule has 1 heterocycles. The van der Waals surface area contributed by atoms with E-state index >= 15 is 0 Å². The molecule has 21 heavy (non-hydrogen) atoms. The molecule has 0 atom stereocenters. The summed E-state index contributed by atoms with van der Waals surface area (Å²) in [4.78, 5) is 4.03. The van der Waals surface area contributed by atoms with Crippen molar-refractivity contribution in [3.05, 3.63) is 59.5 Å². The molecule has 0 aliphatic carbocycles. The van der Waals surface area contributed by atoms with E-state index in [1.165, 1.54) is 19.4 Å². The number of para-hydroxylation sites is 1. The van der Waals surface area contributed by atoms with Crippen LogP contribution in [0.4, 0.5) is 4.39 Å². The van der Waals surface area contributed by atoms with Crippen LogP contribution in [0.1, 0.15) is 0 Å². The number of ether oxygens (including phenoxy) is 2. The summed E-state index contributed by atoms with van der Waals surface area (Å²) in [5.74, 6) is 1.04. The minimum Gasteiger partial charge on any atom is -0.495 e. The predicted molar refractivity (Wildman–Crippen MR) is 79.8 cm³/mol. The molecule has 2 aromatic carbocycles. The van der Waals surface area contributed by atoms with Crippen LogP contribution in [0.5, 0.6) is 17.2 Å². The Kier molecular flexibility index (Phi) is 3.62. The van der Waals surface area contributed by atoms with Crippen molar-refractivity contribution in [2.45, 2.75) is 0 Å². The zero-order valence-corrected chi connectivity index (χ0v) is 11.9. The van der Waals surface area contributed by atoms with Crippen molar-refractivity contribution in [1.82, 2.24) is 4.98 Å². The van der Waals surface area contributed by atoms with Crippen molar-refractivity contribution in [1.29, 1.82) is 0 Å². The summed E-state index contributed by atoms with van der Waals surface area (Å²) in [6.45, 7) is 0. The van der Waals surface area contributed by atoms with Gasteiger partial charge in [0.1, 0.15) is 33.6 Å². The molecule has 3 nitrogen and oxygen atoms in total. The van der Waals surface area contributed by atoms with Gasteiger partial charge in [-0.1, -0.05) is 23.7 Å². The third-order valence-corrected chi connectivity index (χ3v) is 3.42. The van der Waals surface area contributed by atoms with Crippen LogP contribution in [-0.4, -0.2) is 12.1 Å². The lowest BCUT2D eigenvalue weighted by Gasteiger charge is -2.12. The molecule has 0 radical (unpaired) electrons. The van der Waals surface area contributed by atoms with Gasteiger partial charge < -0.3 is 9.47 Å². The molecule has 0 fully saturated rings. The molecule has 0 saturated heterocycles. The van der Waals surface area contributed by atoms with Gasteiger partial charge in [-0.15, -0.1) is 0 Å². The number of halogens is 2. The maximum absolute atomic E-state index is 13.7. The summed E-state index contributed by atoms with van der Waals surface area (Å²) in [7, 11) is 1.53. The van der Waals surface area contributed by atoms with Gasteiger partial charge in [-0.3, -0.25) is 4.98 Å². The SMILES string of the molecule is COc1cccc(Oc2ccnc3c(F)cccc23)c1Cl. The number of methoxy groups -OCH3 is 1. The van der Waals surface area contributed by atoms with E-state index in [2.05, 4.69) is 4.98 Å². The van der Waals surface area contributed by atoms with Crippen LogP contribution in [0, 0.1) is 5.82 Å². The summed E-state index contributed by atoms with van der Waals surface area (Å²) >= 11 is 6.20. The van der Waals surface area contributed by atoms with Gasteiger partial charge in [0.05, 0.1) is 7.11 Å². The average molecular weight is 304 g/mol. The first kappa shape index (κ1) is 13.6. The van der Waals surface area contributed by atoms with E-state index in [0.29, 0.717) is 27.7 Å². The van der Waals surface area contributed by atoms with E-state index in [-0.39, 0.29) is 5.52 Å². The first-order valence-corrected chi connectivity index (χ1v) is 6.62. The molecule has 106 valence electrons. The van der Waals surface area contributed by atoms with Crippen molar-refractivity contribution >= 4 is 22.5 Å². The first-order chi connectivity index (χ1) is 10.2. The van der Waals surface area contributed by atoms with Gasteiger partial charge in [-0.25, -0.2) is 4.39 Å². The molecule has 0 aliphatic rings. The quantitative estimate of drug-likeness (QED) is 0.694. The van der Waals surface area contributed by atoms with Gasteiger partial charge in [0, 0.05) is 11.6 Å². The fourth-order valence-corrected chi connectivity index (χ4v) is 2.29. The molecule has 0 saturated carbocycles. The lowest BCUT2D eigenvalue weighted by atomic mass is 10.2. The van der Waals surface area contributed by atoms with Crippen LogP contribution in [0.15, 0.2) is 48.7 Å². The molecule has 1 aromatic heterocycles. The third-order valence-electron chi connectivity index (χ3n) is 3.05. The largest absolute Gasteiger partial charge is 0.495 e. The Hall–Kier alpha value is -2.33. The molecular weight excluding hydrogens is 293 g/mol. The van der Waals surface area contributed by atoms with Crippen LogP contribution < -0.4 is 9.47 Å². The van der Waals surface area contributed by atoms with Crippen molar-refractivity contribution in [2.24, 2.45) is 0 Å². The summed E-state index contributed by atoms with van der Waals surface area (Å²) < 4.78 is 24.7. The number of rotatable bonds is 3. The van der Waals surface area contributed by atoms with Crippen LogP contribution in [-0.2, 0) is 0 Å². The number of fused-ring (bicyclic) bond motifs is 1. The number of nitrogens with zero attached hydrogens (tertiary/aromatic N) is 1. The van der Waals surface area contributed by atoms with Gasteiger partial charge in [0.15, 0.2) is 0 Å². The van der Waals surface area contributed by atoms with Gasteiger partial charge in [-0.05, 0) is 30.3 Å². The fraction of sp³-hybridized carbons (Fsp3) is 0.0625. The van der Waals surface area contributed by atoms with Crippen molar-refractivity contribution in [2.75, 3.05) is 7.11 Å². The molecule has 0 aliphatic heterocycles. The average Bonchev–Trinajstić information content (AvgIpc) is 2.50. The van der Waals surface area contributed by atoms with E-state index in [9.17, 15) is 4.39 Å². The second kappa shape index (κ2) is 5.58.